The Morgan fingerprint density at radius 2 is 1.83 bits per heavy atom. The summed E-state index contributed by atoms with van der Waals surface area (Å²) in [5.74, 6) is 0. The number of aryl methyl sites for hydroxylation is 2. The summed E-state index contributed by atoms with van der Waals surface area (Å²) in [5.41, 5.74) is 8.02. The fourth-order valence-electron chi connectivity index (χ4n) is 3.27. The molecular weight excluding hydrogens is 216 g/mol. The van der Waals surface area contributed by atoms with Crippen molar-refractivity contribution in [3.8, 4) is 0 Å². The Morgan fingerprint density at radius 1 is 0.889 bits per heavy atom. The van der Waals surface area contributed by atoms with Gasteiger partial charge in [0.05, 0.1) is 0 Å². The Morgan fingerprint density at radius 3 is 2.78 bits per heavy atom. The van der Waals surface area contributed by atoms with Crippen LogP contribution < -0.4 is 0 Å². The maximum atomic E-state index is 2.39. The summed E-state index contributed by atoms with van der Waals surface area (Å²) in [6, 6.07) is 7.01. The van der Waals surface area contributed by atoms with Crippen LogP contribution in [0.15, 0.2) is 41.5 Å². The van der Waals surface area contributed by atoms with E-state index in [4.69, 9.17) is 0 Å². The molecule has 0 fully saturated rings. The molecule has 3 rings (SSSR count). The lowest BCUT2D eigenvalue weighted by Gasteiger charge is -2.13. The molecule has 0 saturated heterocycles. The van der Waals surface area contributed by atoms with Gasteiger partial charge in [-0.25, -0.2) is 0 Å². The van der Waals surface area contributed by atoms with E-state index in [0.717, 1.165) is 0 Å². The molecule has 1 aromatic carbocycles. The predicted octanol–water partition coefficient (Wildman–Crippen LogP) is 4.91. The number of allylic oxidation sites excluding steroid dienone is 4. The zero-order valence-electron chi connectivity index (χ0n) is 11.3. The maximum Gasteiger partial charge on any atom is -0.00586 e. The maximum absolute atomic E-state index is 2.39. The molecule has 94 valence electrons. The molecule has 0 saturated carbocycles. The highest BCUT2D eigenvalue weighted by Gasteiger charge is 2.15. The lowest BCUT2D eigenvalue weighted by Crippen LogP contribution is -1.96. The van der Waals surface area contributed by atoms with Crippen LogP contribution in [0.2, 0.25) is 0 Å². The molecular formula is C18H22. The molecule has 0 spiro atoms. The van der Waals surface area contributed by atoms with Crippen LogP contribution >= 0.6 is 0 Å². The third-order valence-electron chi connectivity index (χ3n) is 4.34. The van der Waals surface area contributed by atoms with E-state index < -0.39 is 0 Å². The van der Waals surface area contributed by atoms with Crippen molar-refractivity contribution in [2.45, 2.75) is 51.9 Å². The molecule has 0 heteroatoms. The Labute approximate surface area is 110 Å². The summed E-state index contributed by atoms with van der Waals surface area (Å²) in [6.07, 6.45) is 13.6. The third kappa shape index (κ3) is 2.43. The van der Waals surface area contributed by atoms with Crippen molar-refractivity contribution < 1.29 is 0 Å². The van der Waals surface area contributed by atoms with Crippen LogP contribution in [0.25, 0.3) is 0 Å². The van der Waals surface area contributed by atoms with Gasteiger partial charge in [-0.3, -0.25) is 0 Å². The smallest absolute Gasteiger partial charge is 0.00586 e. The molecule has 0 bridgehead atoms. The number of fused-ring (bicyclic) bond motifs is 1. The molecule has 0 N–H and O–H groups in total. The summed E-state index contributed by atoms with van der Waals surface area (Å²) in [5, 5.41) is 0. The van der Waals surface area contributed by atoms with Crippen LogP contribution in [0, 0.1) is 6.92 Å². The summed E-state index contributed by atoms with van der Waals surface area (Å²) in [4.78, 5) is 0. The van der Waals surface area contributed by atoms with Gasteiger partial charge in [0.1, 0.15) is 0 Å². The molecule has 18 heavy (non-hydrogen) atoms. The van der Waals surface area contributed by atoms with Gasteiger partial charge in [0.2, 0.25) is 0 Å². The molecule has 0 heterocycles. The molecule has 0 nitrogen and oxygen atoms in total. The SMILES string of the molecule is Cc1ccc2c(c1)CCC1=C(C/C=C\CCC1)C2. The van der Waals surface area contributed by atoms with Gasteiger partial charge in [0.15, 0.2) is 0 Å². The quantitative estimate of drug-likeness (QED) is 0.563. The molecule has 0 atom stereocenters. The van der Waals surface area contributed by atoms with E-state index in [2.05, 4.69) is 37.3 Å². The van der Waals surface area contributed by atoms with E-state index in [1.807, 2.05) is 0 Å². The number of hydrogen-bond donors (Lipinski definition) is 0. The van der Waals surface area contributed by atoms with Crippen molar-refractivity contribution in [1.82, 2.24) is 0 Å². The molecule has 0 radical (unpaired) electrons. The molecule has 1 aromatic rings. The van der Waals surface area contributed by atoms with E-state index in [9.17, 15) is 0 Å². The highest BCUT2D eigenvalue weighted by molar-refractivity contribution is 5.39. The van der Waals surface area contributed by atoms with E-state index >= 15 is 0 Å². The van der Waals surface area contributed by atoms with Crippen LogP contribution in [0.5, 0.6) is 0 Å². The van der Waals surface area contributed by atoms with Crippen molar-refractivity contribution in [1.29, 1.82) is 0 Å². The first-order valence-electron chi connectivity index (χ1n) is 7.26. The molecule has 0 aliphatic heterocycles. The lowest BCUT2D eigenvalue weighted by molar-refractivity contribution is 0.757. The van der Waals surface area contributed by atoms with E-state index in [-0.39, 0.29) is 0 Å². The first-order chi connectivity index (χ1) is 8.83. The fourth-order valence-corrected chi connectivity index (χ4v) is 3.27. The molecule has 0 aromatic heterocycles. The average molecular weight is 238 g/mol. The molecule has 0 unspecified atom stereocenters. The molecule has 0 amide bonds. The van der Waals surface area contributed by atoms with Crippen molar-refractivity contribution in [3.63, 3.8) is 0 Å². The second-order valence-corrected chi connectivity index (χ2v) is 5.72. The van der Waals surface area contributed by atoms with Gasteiger partial charge in [0, 0.05) is 0 Å². The van der Waals surface area contributed by atoms with Crippen LogP contribution in [0.4, 0.5) is 0 Å². The Bertz CT molecular complexity index is 503. The highest BCUT2D eigenvalue weighted by atomic mass is 14.2. The predicted molar refractivity (Wildman–Crippen MR) is 77.8 cm³/mol. The van der Waals surface area contributed by atoms with Gasteiger partial charge in [-0.1, -0.05) is 47.1 Å². The second-order valence-electron chi connectivity index (χ2n) is 5.72. The van der Waals surface area contributed by atoms with Gasteiger partial charge in [-0.2, -0.15) is 0 Å². The van der Waals surface area contributed by atoms with Crippen molar-refractivity contribution >= 4 is 0 Å². The monoisotopic (exact) mass is 238 g/mol. The number of rotatable bonds is 0. The van der Waals surface area contributed by atoms with E-state index in [1.165, 1.54) is 50.5 Å². The average Bonchev–Trinajstić information content (AvgIpc) is 2.49. The van der Waals surface area contributed by atoms with Crippen molar-refractivity contribution in [2.24, 2.45) is 0 Å². The van der Waals surface area contributed by atoms with Crippen LogP contribution in [-0.2, 0) is 12.8 Å². The largest absolute Gasteiger partial charge is 0.0882 e. The topological polar surface area (TPSA) is 0 Å². The van der Waals surface area contributed by atoms with Crippen molar-refractivity contribution in [3.05, 3.63) is 58.2 Å². The first-order valence-corrected chi connectivity index (χ1v) is 7.26. The van der Waals surface area contributed by atoms with Crippen LogP contribution in [0.1, 0.15) is 48.8 Å². The minimum atomic E-state index is 1.18. The minimum absolute atomic E-state index is 1.18. The van der Waals surface area contributed by atoms with E-state index in [1.54, 1.807) is 22.3 Å². The summed E-state index contributed by atoms with van der Waals surface area (Å²) >= 11 is 0. The standard InChI is InChI=1S/C18H22/c1-14-8-9-18-13-16-7-5-3-2-4-6-15(16)10-11-17(18)12-14/h3,5,8-9,12H,2,4,6-7,10-11,13H2,1H3/b5-3-. The lowest BCUT2D eigenvalue weighted by atomic mass is 9.93. The first kappa shape index (κ1) is 11.8. The van der Waals surface area contributed by atoms with E-state index in [0.29, 0.717) is 0 Å². The molecule has 2 aliphatic carbocycles. The van der Waals surface area contributed by atoms with Crippen molar-refractivity contribution in [2.75, 3.05) is 0 Å². The second kappa shape index (κ2) is 5.14. The van der Waals surface area contributed by atoms with Gasteiger partial charge in [-0.05, 0) is 63.0 Å². The minimum Gasteiger partial charge on any atom is -0.0882 e. The normalized spacial score (nSPS) is 21.4. The number of benzene rings is 1. The highest BCUT2D eigenvalue weighted by Crippen LogP contribution is 2.31. The molecule has 2 aliphatic rings. The zero-order chi connectivity index (χ0) is 12.4. The summed E-state index contributed by atoms with van der Waals surface area (Å²) in [7, 11) is 0. The van der Waals surface area contributed by atoms with Gasteiger partial charge >= 0.3 is 0 Å². The van der Waals surface area contributed by atoms with Gasteiger partial charge < -0.3 is 0 Å². The van der Waals surface area contributed by atoms with Crippen LogP contribution in [-0.4, -0.2) is 0 Å². The Balaban J connectivity index is 1.93. The Kier molecular flexibility index (Phi) is 3.36. The summed E-state index contributed by atoms with van der Waals surface area (Å²) in [6.45, 7) is 2.21. The number of hydrogen-bond acceptors (Lipinski definition) is 0. The van der Waals surface area contributed by atoms with Gasteiger partial charge in [-0.15, -0.1) is 0 Å². The third-order valence-corrected chi connectivity index (χ3v) is 4.34. The zero-order valence-corrected chi connectivity index (χ0v) is 11.3. The van der Waals surface area contributed by atoms with Crippen LogP contribution in [0.3, 0.4) is 0 Å². The van der Waals surface area contributed by atoms with Gasteiger partial charge in [0.25, 0.3) is 0 Å². The summed E-state index contributed by atoms with van der Waals surface area (Å²) < 4.78 is 0. The Hall–Kier alpha value is -1.30. The fraction of sp³-hybridized carbons (Fsp3) is 0.444.